The molecule has 7 heteroatoms. The molecule has 6 nitrogen and oxygen atoms in total. The van der Waals surface area contributed by atoms with Crippen LogP contribution >= 0.6 is 12.2 Å². The Balaban J connectivity index is 1.48. The lowest BCUT2D eigenvalue weighted by molar-refractivity contribution is 0.0977. The highest BCUT2D eigenvalue weighted by Crippen LogP contribution is 2.17. The van der Waals surface area contributed by atoms with E-state index in [0.717, 1.165) is 17.2 Å². The van der Waals surface area contributed by atoms with Crippen molar-refractivity contribution in [2.75, 3.05) is 25.1 Å². The molecule has 0 saturated carbocycles. The molecule has 0 aliphatic rings. The number of rotatable bonds is 9. The van der Waals surface area contributed by atoms with Crippen molar-refractivity contribution in [1.82, 2.24) is 5.32 Å². The fraction of sp³-hybridized carbons (Fsp3) is 0.167. The molecular formula is C24H24N2O4S. The lowest BCUT2D eigenvalue weighted by Gasteiger charge is -2.12. The van der Waals surface area contributed by atoms with Gasteiger partial charge in [-0.2, -0.15) is 0 Å². The fourth-order valence-corrected chi connectivity index (χ4v) is 2.94. The maximum atomic E-state index is 12.5. The van der Waals surface area contributed by atoms with Crippen LogP contribution in [-0.2, 0) is 0 Å². The third kappa shape index (κ3) is 7.31. The van der Waals surface area contributed by atoms with E-state index < -0.39 is 0 Å². The Bertz CT molecular complexity index is 1010. The van der Waals surface area contributed by atoms with Gasteiger partial charge in [0.2, 0.25) is 0 Å². The third-order valence-electron chi connectivity index (χ3n) is 4.09. The molecule has 0 unspecified atom stereocenters. The van der Waals surface area contributed by atoms with Gasteiger partial charge < -0.3 is 19.5 Å². The summed E-state index contributed by atoms with van der Waals surface area (Å²) in [7, 11) is 0. The maximum absolute atomic E-state index is 12.5. The summed E-state index contributed by atoms with van der Waals surface area (Å²) in [4.78, 5) is 12.5. The molecule has 2 N–H and O–H groups in total. The first-order valence-electron chi connectivity index (χ1n) is 9.90. The van der Waals surface area contributed by atoms with Gasteiger partial charge in [-0.05, 0) is 61.6 Å². The molecule has 0 bridgehead atoms. The molecule has 0 fully saturated rings. The van der Waals surface area contributed by atoms with Gasteiger partial charge in [0.1, 0.15) is 30.5 Å². The van der Waals surface area contributed by atoms with Gasteiger partial charge >= 0.3 is 0 Å². The van der Waals surface area contributed by atoms with Crippen molar-refractivity contribution < 1.29 is 19.0 Å². The minimum atomic E-state index is -0.329. The molecule has 3 rings (SSSR count). The van der Waals surface area contributed by atoms with Crippen LogP contribution in [0.5, 0.6) is 17.2 Å². The molecule has 0 aliphatic carbocycles. The zero-order chi connectivity index (χ0) is 21.9. The van der Waals surface area contributed by atoms with E-state index in [1.54, 1.807) is 24.3 Å². The zero-order valence-electron chi connectivity index (χ0n) is 17.2. The number of carbonyl (C=O) groups excluding carboxylic acids is 1. The van der Waals surface area contributed by atoms with E-state index in [1.807, 2.05) is 61.5 Å². The number of benzene rings is 3. The first-order valence-corrected chi connectivity index (χ1v) is 10.3. The summed E-state index contributed by atoms with van der Waals surface area (Å²) in [5.41, 5.74) is 1.17. The predicted octanol–water partition coefficient (Wildman–Crippen LogP) is 4.67. The van der Waals surface area contributed by atoms with Crippen LogP contribution in [0.15, 0.2) is 78.9 Å². The second kappa shape index (κ2) is 11.6. The van der Waals surface area contributed by atoms with E-state index in [2.05, 4.69) is 10.6 Å². The van der Waals surface area contributed by atoms with Crippen molar-refractivity contribution in [1.29, 1.82) is 0 Å². The molecule has 0 heterocycles. The highest BCUT2D eigenvalue weighted by Gasteiger charge is 2.09. The van der Waals surface area contributed by atoms with Crippen LogP contribution in [0.25, 0.3) is 0 Å². The van der Waals surface area contributed by atoms with Crippen LogP contribution < -0.4 is 24.8 Å². The van der Waals surface area contributed by atoms with E-state index in [4.69, 9.17) is 26.4 Å². The van der Waals surface area contributed by atoms with Gasteiger partial charge in [0.25, 0.3) is 5.91 Å². The van der Waals surface area contributed by atoms with E-state index in [9.17, 15) is 4.79 Å². The smallest absolute Gasteiger partial charge is 0.257 e. The molecule has 0 aliphatic heterocycles. The number of para-hydroxylation sites is 1. The van der Waals surface area contributed by atoms with Crippen molar-refractivity contribution in [3.8, 4) is 17.2 Å². The normalized spacial score (nSPS) is 10.1. The first kappa shape index (κ1) is 22.1. The van der Waals surface area contributed by atoms with Gasteiger partial charge in [0.15, 0.2) is 5.11 Å². The maximum Gasteiger partial charge on any atom is 0.257 e. The number of amides is 1. The van der Waals surface area contributed by atoms with Crippen LogP contribution in [-0.4, -0.2) is 30.8 Å². The molecule has 0 atom stereocenters. The molecule has 3 aromatic carbocycles. The van der Waals surface area contributed by atoms with Gasteiger partial charge in [0, 0.05) is 17.3 Å². The SMILES string of the molecule is CCOc1cccc(NC(=S)NC(=O)c2cccc(OCCOc3ccccc3)c2)c1. The van der Waals surface area contributed by atoms with Crippen LogP contribution in [0.3, 0.4) is 0 Å². The molecule has 31 heavy (non-hydrogen) atoms. The van der Waals surface area contributed by atoms with E-state index >= 15 is 0 Å². The first-order chi connectivity index (χ1) is 15.1. The summed E-state index contributed by atoms with van der Waals surface area (Å²) in [5, 5.41) is 5.85. The van der Waals surface area contributed by atoms with Crippen LogP contribution in [0, 0.1) is 0 Å². The molecular weight excluding hydrogens is 412 g/mol. The van der Waals surface area contributed by atoms with Crippen molar-refractivity contribution in [2.45, 2.75) is 6.92 Å². The Labute approximate surface area is 187 Å². The quantitative estimate of drug-likeness (QED) is 0.375. The van der Waals surface area contributed by atoms with Gasteiger partial charge in [-0.15, -0.1) is 0 Å². The summed E-state index contributed by atoms with van der Waals surface area (Å²) in [6, 6.07) is 23.8. The Morgan fingerprint density at radius 3 is 2.19 bits per heavy atom. The van der Waals surface area contributed by atoms with Crippen LogP contribution in [0.2, 0.25) is 0 Å². The third-order valence-corrected chi connectivity index (χ3v) is 4.29. The summed E-state index contributed by atoms with van der Waals surface area (Å²) in [6.45, 7) is 3.24. The van der Waals surface area contributed by atoms with Crippen molar-refractivity contribution >= 4 is 28.9 Å². The number of carbonyl (C=O) groups is 1. The number of hydrogen-bond acceptors (Lipinski definition) is 5. The van der Waals surface area contributed by atoms with Crippen molar-refractivity contribution in [3.05, 3.63) is 84.4 Å². The predicted molar refractivity (Wildman–Crippen MR) is 125 cm³/mol. The lowest BCUT2D eigenvalue weighted by Crippen LogP contribution is -2.34. The van der Waals surface area contributed by atoms with Crippen LogP contribution in [0.4, 0.5) is 5.69 Å². The summed E-state index contributed by atoms with van der Waals surface area (Å²) >= 11 is 5.25. The van der Waals surface area contributed by atoms with Gasteiger partial charge in [-0.25, -0.2) is 0 Å². The Kier molecular flexibility index (Phi) is 8.25. The van der Waals surface area contributed by atoms with Crippen molar-refractivity contribution in [2.24, 2.45) is 0 Å². The van der Waals surface area contributed by atoms with Gasteiger partial charge in [0.05, 0.1) is 6.61 Å². The second-order valence-electron chi connectivity index (χ2n) is 6.41. The molecule has 0 radical (unpaired) electrons. The topological polar surface area (TPSA) is 68.8 Å². The monoisotopic (exact) mass is 436 g/mol. The molecule has 0 aromatic heterocycles. The van der Waals surface area contributed by atoms with E-state index in [0.29, 0.717) is 31.1 Å². The largest absolute Gasteiger partial charge is 0.494 e. The highest BCUT2D eigenvalue weighted by atomic mass is 32.1. The van der Waals surface area contributed by atoms with E-state index in [-0.39, 0.29) is 11.0 Å². The van der Waals surface area contributed by atoms with Gasteiger partial charge in [-0.1, -0.05) is 30.3 Å². The van der Waals surface area contributed by atoms with Gasteiger partial charge in [-0.3, -0.25) is 10.1 Å². The zero-order valence-corrected chi connectivity index (χ0v) is 18.0. The number of nitrogens with one attached hydrogen (secondary N) is 2. The Morgan fingerprint density at radius 2 is 1.45 bits per heavy atom. The standard InChI is InChI=1S/C24H24N2O4S/c1-2-28-22-13-7-9-19(17-22)25-24(31)26-23(27)18-8-6-12-21(16-18)30-15-14-29-20-10-4-3-5-11-20/h3-13,16-17H,2,14-15H2,1H3,(H2,25,26,27,31). The second-order valence-corrected chi connectivity index (χ2v) is 6.82. The average Bonchev–Trinajstić information content (AvgIpc) is 2.78. The molecule has 3 aromatic rings. The lowest BCUT2D eigenvalue weighted by atomic mass is 10.2. The van der Waals surface area contributed by atoms with Crippen molar-refractivity contribution in [3.63, 3.8) is 0 Å². The Morgan fingerprint density at radius 1 is 0.806 bits per heavy atom. The number of ether oxygens (including phenoxy) is 3. The van der Waals surface area contributed by atoms with Crippen LogP contribution in [0.1, 0.15) is 17.3 Å². The molecule has 0 spiro atoms. The molecule has 1 amide bonds. The summed E-state index contributed by atoms with van der Waals surface area (Å²) in [5.74, 6) is 1.76. The molecule has 160 valence electrons. The number of thiocarbonyl (C=S) groups is 1. The highest BCUT2D eigenvalue weighted by molar-refractivity contribution is 7.80. The number of hydrogen-bond donors (Lipinski definition) is 2. The summed E-state index contributed by atoms with van der Waals surface area (Å²) in [6.07, 6.45) is 0. The number of anilines is 1. The average molecular weight is 437 g/mol. The summed E-state index contributed by atoms with van der Waals surface area (Å²) < 4.78 is 16.8. The van der Waals surface area contributed by atoms with E-state index in [1.165, 1.54) is 0 Å². The minimum Gasteiger partial charge on any atom is -0.494 e. The Hall–Kier alpha value is -3.58. The fourth-order valence-electron chi connectivity index (χ4n) is 2.73. The molecule has 0 saturated heterocycles. The minimum absolute atomic E-state index is 0.196.